The van der Waals surface area contributed by atoms with E-state index in [1.54, 1.807) is 13.4 Å². The van der Waals surface area contributed by atoms with Crippen molar-refractivity contribution in [1.29, 1.82) is 0 Å². The molecule has 0 aliphatic carbocycles. The minimum atomic E-state index is 0.789. The first-order valence-electron chi connectivity index (χ1n) is 9.93. The number of anilines is 4. The van der Waals surface area contributed by atoms with Gasteiger partial charge in [0.25, 0.3) is 0 Å². The molecule has 0 spiro atoms. The van der Waals surface area contributed by atoms with Gasteiger partial charge >= 0.3 is 0 Å². The highest BCUT2D eigenvalue weighted by Crippen LogP contribution is 2.26. The molecule has 1 aliphatic heterocycles. The van der Waals surface area contributed by atoms with Crippen molar-refractivity contribution >= 4 is 23.0 Å². The van der Waals surface area contributed by atoms with Crippen LogP contribution in [-0.2, 0) is 0 Å². The SMILES string of the molecule is COc1ccc(Nc2cc(N3CCN(c4cccc(C)c4C)CC3)ncn2)cc1. The van der Waals surface area contributed by atoms with Gasteiger partial charge in [0.2, 0.25) is 0 Å². The Labute approximate surface area is 172 Å². The van der Waals surface area contributed by atoms with E-state index in [1.807, 2.05) is 30.3 Å². The van der Waals surface area contributed by atoms with Crippen molar-refractivity contribution < 1.29 is 4.74 Å². The molecule has 0 radical (unpaired) electrons. The molecule has 0 unspecified atom stereocenters. The van der Waals surface area contributed by atoms with Crippen LogP contribution in [0.3, 0.4) is 0 Å². The molecule has 4 rings (SSSR count). The zero-order valence-electron chi connectivity index (χ0n) is 17.2. The summed E-state index contributed by atoms with van der Waals surface area (Å²) in [7, 11) is 1.67. The maximum Gasteiger partial charge on any atom is 0.135 e. The zero-order valence-corrected chi connectivity index (χ0v) is 17.2. The first kappa shape index (κ1) is 19.1. The third-order valence-corrected chi connectivity index (χ3v) is 5.54. The normalized spacial score (nSPS) is 14.0. The summed E-state index contributed by atoms with van der Waals surface area (Å²) in [5.74, 6) is 2.58. The van der Waals surface area contributed by atoms with Crippen LogP contribution in [0.4, 0.5) is 23.0 Å². The van der Waals surface area contributed by atoms with E-state index in [4.69, 9.17) is 4.74 Å². The summed E-state index contributed by atoms with van der Waals surface area (Å²) in [6.45, 7) is 8.22. The predicted molar refractivity (Wildman–Crippen MR) is 119 cm³/mol. The monoisotopic (exact) mass is 389 g/mol. The molecule has 1 aliphatic rings. The zero-order chi connectivity index (χ0) is 20.2. The third kappa shape index (κ3) is 4.26. The average Bonchev–Trinajstić information content (AvgIpc) is 2.77. The van der Waals surface area contributed by atoms with Crippen LogP contribution >= 0.6 is 0 Å². The molecule has 2 aromatic carbocycles. The lowest BCUT2D eigenvalue weighted by atomic mass is 10.1. The summed E-state index contributed by atoms with van der Waals surface area (Å²) < 4.78 is 5.21. The van der Waals surface area contributed by atoms with Crippen LogP contribution in [0.25, 0.3) is 0 Å². The molecule has 6 heteroatoms. The number of aromatic nitrogens is 2. The number of rotatable bonds is 5. The van der Waals surface area contributed by atoms with Crippen LogP contribution in [0.1, 0.15) is 11.1 Å². The highest BCUT2D eigenvalue weighted by Gasteiger charge is 2.20. The Kier molecular flexibility index (Phi) is 5.51. The van der Waals surface area contributed by atoms with Gasteiger partial charge in [-0.3, -0.25) is 0 Å². The predicted octanol–water partition coefficient (Wildman–Crippen LogP) is 4.17. The van der Waals surface area contributed by atoms with Crippen LogP contribution < -0.4 is 19.9 Å². The number of hydrogen-bond acceptors (Lipinski definition) is 6. The lowest BCUT2D eigenvalue weighted by Crippen LogP contribution is -2.47. The van der Waals surface area contributed by atoms with Crippen molar-refractivity contribution in [1.82, 2.24) is 9.97 Å². The fourth-order valence-electron chi connectivity index (χ4n) is 3.67. The summed E-state index contributed by atoms with van der Waals surface area (Å²) >= 11 is 0. The summed E-state index contributed by atoms with van der Waals surface area (Å²) in [6, 6.07) is 16.4. The van der Waals surface area contributed by atoms with Crippen molar-refractivity contribution in [3.63, 3.8) is 0 Å². The fraction of sp³-hybridized carbons (Fsp3) is 0.304. The molecular formula is C23H27N5O. The Morgan fingerprint density at radius 2 is 1.62 bits per heavy atom. The Bertz CT molecular complexity index is 965. The third-order valence-electron chi connectivity index (χ3n) is 5.54. The van der Waals surface area contributed by atoms with E-state index in [-0.39, 0.29) is 0 Å². The molecule has 0 bridgehead atoms. The Balaban J connectivity index is 1.42. The maximum absolute atomic E-state index is 5.21. The quantitative estimate of drug-likeness (QED) is 0.707. The molecule has 150 valence electrons. The van der Waals surface area contributed by atoms with Crippen LogP contribution in [0.15, 0.2) is 54.9 Å². The van der Waals surface area contributed by atoms with Gasteiger partial charge in [0.1, 0.15) is 23.7 Å². The van der Waals surface area contributed by atoms with E-state index in [9.17, 15) is 0 Å². The Morgan fingerprint density at radius 3 is 2.34 bits per heavy atom. The molecule has 0 saturated carbocycles. The molecule has 1 saturated heterocycles. The number of aryl methyl sites for hydroxylation is 1. The van der Waals surface area contributed by atoms with Gasteiger partial charge in [-0.1, -0.05) is 12.1 Å². The second-order valence-electron chi connectivity index (χ2n) is 7.31. The van der Waals surface area contributed by atoms with Crippen LogP contribution in [0.2, 0.25) is 0 Å². The van der Waals surface area contributed by atoms with Crippen molar-refractivity contribution in [2.45, 2.75) is 13.8 Å². The van der Waals surface area contributed by atoms with E-state index in [0.717, 1.165) is 49.3 Å². The van der Waals surface area contributed by atoms with Crippen molar-refractivity contribution in [3.05, 3.63) is 66.0 Å². The first-order valence-corrected chi connectivity index (χ1v) is 9.93. The number of ether oxygens (including phenoxy) is 1. The molecule has 29 heavy (non-hydrogen) atoms. The lowest BCUT2D eigenvalue weighted by Gasteiger charge is -2.37. The topological polar surface area (TPSA) is 53.5 Å². The summed E-state index contributed by atoms with van der Waals surface area (Å²) in [5.41, 5.74) is 5.02. The molecule has 0 amide bonds. The highest BCUT2D eigenvalue weighted by atomic mass is 16.5. The number of hydrogen-bond donors (Lipinski definition) is 1. The van der Waals surface area contributed by atoms with E-state index in [2.05, 4.69) is 57.1 Å². The minimum absolute atomic E-state index is 0.789. The molecule has 2 heterocycles. The lowest BCUT2D eigenvalue weighted by molar-refractivity contribution is 0.415. The van der Waals surface area contributed by atoms with Crippen molar-refractivity contribution in [2.75, 3.05) is 48.4 Å². The van der Waals surface area contributed by atoms with Gasteiger partial charge in [0.15, 0.2) is 0 Å². The van der Waals surface area contributed by atoms with Gasteiger partial charge in [0, 0.05) is 43.6 Å². The van der Waals surface area contributed by atoms with Crippen LogP contribution in [0, 0.1) is 13.8 Å². The number of nitrogens with one attached hydrogen (secondary N) is 1. The number of piperazine rings is 1. The van der Waals surface area contributed by atoms with Gasteiger partial charge in [-0.2, -0.15) is 0 Å². The van der Waals surface area contributed by atoms with Gasteiger partial charge in [-0.15, -0.1) is 0 Å². The average molecular weight is 390 g/mol. The molecule has 1 N–H and O–H groups in total. The standard InChI is InChI=1S/C23H27N5O/c1-17-5-4-6-21(18(17)2)27-11-13-28(14-12-27)23-15-22(24-16-25-23)26-19-7-9-20(29-3)10-8-19/h4-10,15-16H,11-14H2,1-3H3,(H,24,25,26). The van der Waals surface area contributed by atoms with E-state index in [0.29, 0.717) is 0 Å². The van der Waals surface area contributed by atoms with Gasteiger partial charge in [0.05, 0.1) is 7.11 Å². The van der Waals surface area contributed by atoms with Gasteiger partial charge in [-0.05, 0) is 55.3 Å². The number of methoxy groups -OCH3 is 1. The van der Waals surface area contributed by atoms with Crippen molar-refractivity contribution in [2.24, 2.45) is 0 Å². The maximum atomic E-state index is 5.21. The highest BCUT2D eigenvalue weighted by molar-refractivity contribution is 5.61. The summed E-state index contributed by atoms with van der Waals surface area (Å²) in [5, 5.41) is 3.34. The van der Waals surface area contributed by atoms with E-state index >= 15 is 0 Å². The van der Waals surface area contributed by atoms with Crippen LogP contribution in [0.5, 0.6) is 5.75 Å². The van der Waals surface area contributed by atoms with E-state index in [1.165, 1.54) is 16.8 Å². The van der Waals surface area contributed by atoms with Crippen LogP contribution in [-0.4, -0.2) is 43.3 Å². The Morgan fingerprint density at radius 1 is 0.897 bits per heavy atom. The molecule has 1 aromatic heterocycles. The molecular weight excluding hydrogens is 362 g/mol. The summed E-state index contributed by atoms with van der Waals surface area (Å²) in [6.07, 6.45) is 1.62. The molecule has 0 atom stereocenters. The van der Waals surface area contributed by atoms with E-state index < -0.39 is 0 Å². The van der Waals surface area contributed by atoms with Gasteiger partial charge < -0.3 is 19.9 Å². The largest absolute Gasteiger partial charge is 0.497 e. The van der Waals surface area contributed by atoms with Crippen molar-refractivity contribution in [3.8, 4) is 5.75 Å². The smallest absolute Gasteiger partial charge is 0.135 e. The number of benzene rings is 2. The second kappa shape index (κ2) is 8.39. The number of nitrogens with zero attached hydrogens (tertiary/aromatic N) is 4. The Hall–Kier alpha value is -3.28. The molecule has 6 nitrogen and oxygen atoms in total. The summed E-state index contributed by atoms with van der Waals surface area (Å²) in [4.78, 5) is 13.7. The second-order valence-corrected chi connectivity index (χ2v) is 7.31. The molecule has 3 aromatic rings. The fourth-order valence-corrected chi connectivity index (χ4v) is 3.67. The minimum Gasteiger partial charge on any atom is -0.497 e. The first-order chi connectivity index (χ1) is 14.1. The molecule has 1 fully saturated rings. The van der Waals surface area contributed by atoms with Gasteiger partial charge in [-0.25, -0.2) is 9.97 Å².